The molecule has 0 spiro atoms. The van der Waals surface area contributed by atoms with Crippen molar-refractivity contribution >= 4 is 149 Å². The van der Waals surface area contributed by atoms with Crippen LogP contribution in [0.3, 0.4) is 0 Å². The first-order valence-electron chi connectivity index (χ1n) is 47.6. The molecule has 1 aliphatic heterocycles. The number of hydrogen-bond acceptors (Lipinski definition) is 31. The number of unbranched alkanes of at least 4 members (excludes halogenated alkanes) is 1. The van der Waals surface area contributed by atoms with Crippen LogP contribution in [0.15, 0.2) is 67.1 Å². The standard InChI is InChI=1S/C92H139N23O31S/c1-12-45(6)72(114-78(131)55-22-18-32-95-55)90(143)101-48(9)77(130)103-58(28-30-68(124)125)80(133)104-56(21-16-17-31-93)79(132)110-64(41-147)87(140)106-59(33-51-19-14-13-15-20-51)83(136)108-62(36-69(126)127)84(137)107-61(35-53-37-94-42-98-53)82(135)100-47(8)76(129)99-46(7)75(128)96-39-66(121)111-73(49(10)117)91(144)109-63(40-116)86(139)105-60(34-52-23-25-54(119)26-24-52)85(138)112-71(44(4)5)89(142)113-70(43(2)3)88(141)97-38-65(120)102-57(27-29-67(122)123)81(134)115-74(50(11)118)92(145)146/h13-15,19-20,23-26,37,42-50,55-64,70-74,95,116-119,147H,12,16-18,21-22,27-36,38-41,93H2,1-11H3,(H,94,98)(H,96,128)(H,97,141)(H,99,129)(H,100,135)(H,101,143)(H,102,120)(H,103,130)(H,104,133)(H,105,139)(H,106,140)(H,107,137)(H,108,136)(H,109,144)(H,110,132)(H,111,121)(H,112,138)(H,113,142)(H,114,131)(H,115,134)(H,122,123)(H,124,125)(H,126,127)(H,145,146)/t45-,46-,47-,48-,49+,50+,55-,56-,57-,58-,59-,60-,61-,62-,63-,64-,70-,71-,72-,73-,74-/m0/s1. The minimum Gasteiger partial charge on any atom is -0.508 e. The number of phenolic OH excluding ortho intramolecular Hbond substituents is 1. The molecule has 0 unspecified atom stereocenters. The number of aliphatic carboxylic acids is 4. The number of aromatic hydroxyl groups is 1. The predicted octanol–water partition coefficient (Wildman–Crippen LogP) is -9.11. The molecule has 4 rings (SSSR count). The highest BCUT2D eigenvalue weighted by Crippen LogP contribution is 2.18. The van der Waals surface area contributed by atoms with Gasteiger partial charge in [-0.1, -0.05) is 90.4 Å². The minimum atomic E-state index is -2.07. The number of aliphatic hydroxyl groups is 3. The van der Waals surface area contributed by atoms with Crippen molar-refractivity contribution in [3.05, 3.63) is 83.9 Å². The number of hydrogen-bond donors (Lipinski definition) is 31. The highest BCUT2D eigenvalue weighted by Gasteiger charge is 2.42. The lowest BCUT2D eigenvalue weighted by atomic mass is 9.97. The van der Waals surface area contributed by atoms with E-state index in [1.807, 2.05) is 5.32 Å². The van der Waals surface area contributed by atoms with Gasteiger partial charge in [0, 0.05) is 44.1 Å². The fourth-order valence-electron chi connectivity index (χ4n) is 14.5. The van der Waals surface area contributed by atoms with E-state index in [2.05, 4.69) is 124 Å². The Morgan fingerprint density at radius 2 is 0.823 bits per heavy atom. The quantitative estimate of drug-likeness (QED) is 0.0184. The number of aromatic nitrogens is 2. The zero-order chi connectivity index (χ0) is 110. The average Bonchev–Trinajstić information content (AvgIpc) is 1.31. The molecule has 19 amide bonds. The molecule has 147 heavy (non-hydrogen) atoms. The first-order chi connectivity index (χ1) is 69.2. The number of benzene rings is 2. The van der Waals surface area contributed by atoms with Crippen LogP contribution in [-0.4, -0.2) is 346 Å². The monoisotopic (exact) mass is 2090 g/mol. The molecule has 0 radical (unpaired) electrons. The van der Waals surface area contributed by atoms with Gasteiger partial charge >= 0.3 is 23.9 Å². The Balaban J connectivity index is 1.45. The van der Waals surface area contributed by atoms with Gasteiger partial charge < -0.3 is 158 Å². The van der Waals surface area contributed by atoms with Crippen molar-refractivity contribution in [1.29, 1.82) is 0 Å². The molecule has 0 aliphatic carbocycles. The van der Waals surface area contributed by atoms with Gasteiger partial charge in [-0.3, -0.25) is 105 Å². The zero-order valence-electron chi connectivity index (χ0n) is 83.2. The summed E-state index contributed by atoms with van der Waals surface area (Å²) in [6.07, 6.45) is -3.69. The number of amides is 19. The summed E-state index contributed by atoms with van der Waals surface area (Å²) in [5.41, 5.74) is 6.56. The number of thiol groups is 1. The molecule has 3 aromatic rings. The molecule has 55 heteroatoms. The van der Waals surface area contributed by atoms with E-state index in [9.17, 15) is 151 Å². The number of nitrogens with one attached hydrogen (secondary N) is 21. The van der Waals surface area contributed by atoms with Crippen molar-refractivity contribution in [2.24, 2.45) is 23.5 Å². The summed E-state index contributed by atoms with van der Waals surface area (Å²) < 4.78 is 0. The fourth-order valence-corrected chi connectivity index (χ4v) is 14.7. The Labute approximate surface area is 851 Å². The second kappa shape index (κ2) is 63.0. The third-order valence-electron chi connectivity index (χ3n) is 23.2. The lowest BCUT2D eigenvalue weighted by Gasteiger charge is -2.29. The van der Waals surface area contributed by atoms with Gasteiger partial charge in [-0.2, -0.15) is 12.6 Å². The van der Waals surface area contributed by atoms with E-state index in [1.54, 1.807) is 44.2 Å². The summed E-state index contributed by atoms with van der Waals surface area (Å²) in [5.74, 6) is -28.8. The second-order valence-corrected chi connectivity index (χ2v) is 36.4. The highest BCUT2D eigenvalue weighted by atomic mass is 32.1. The predicted molar refractivity (Wildman–Crippen MR) is 521 cm³/mol. The molecule has 21 atom stereocenters. The van der Waals surface area contributed by atoms with Gasteiger partial charge in [0.1, 0.15) is 102 Å². The van der Waals surface area contributed by atoms with Crippen molar-refractivity contribution < 1.29 is 151 Å². The number of H-pyrrole nitrogens is 1. The van der Waals surface area contributed by atoms with Crippen molar-refractivity contribution in [3.8, 4) is 5.75 Å². The molecule has 31 N–H and O–H groups in total. The van der Waals surface area contributed by atoms with E-state index in [4.69, 9.17) is 5.73 Å². The number of carbonyl (C=O) groups is 23. The fraction of sp³-hybridized carbons (Fsp3) is 0.587. The van der Waals surface area contributed by atoms with Crippen molar-refractivity contribution in [1.82, 2.24) is 116 Å². The number of carboxylic acid groups (broad SMARTS) is 4. The van der Waals surface area contributed by atoms with E-state index in [0.717, 1.165) is 34.1 Å². The summed E-state index contributed by atoms with van der Waals surface area (Å²) in [5, 5.41) is 128. The third kappa shape index (κ3) is 43.7. The number of aromatic amines is 1. The topological polar surface area (TPSA) is 850 Å². The number of phenols is 1. The van der Waals surface area contributed by atoms with Crippen LogP contribution in [-0.2, 0) is 130 Å². The van der Waals surface area contributed by atoms with Crippen LogP contribution < -0.4 is 112 Å². The summed E-state index contributed by atoms with van der Waals surface area (Å²) in [7, 11) is 0. The second-order valence-electron chi connectivity index (χ2n) is 36.0. The number of nitrogens with two attached hydrogens (primary N) is 1. The van der Waals surface area contributed by atoms with E-state index in [-0.39, 0.29) is 42.8 Å². The van der Waals surface area contributed by atoms with E-state index in [0.29, 0.717) is 31.4 Å². The Hall–Kier alpha value is -14.6. The highest BCUT2D eigenvalue weighted by molar-refractivity contribution is 7.80. The van der Waals surface area contributed by atoms with Crippen LogP contribution in [0.25, 0.3) is 0 Å². The average molecular weight is 2100 g/mol. The molecule has 1 saturated heterocycles. The molecule has 2 aromatic carbocycles. The molecular formula is C92H139N23O31S. The molecule has 1 aromatic heterocycles. The molecule has 2 heterocycles. The maximum absolute atomic E-state index is 14.6. The van der Waals surface area contributed by atoms with E-state index in [1.165, 1.54) is 71.4 Å². The zero-order valence-corrected chi connectivity index (χ0v) is 84.1. The molecule has 54 nitrogen and oxygen atoms in total. The summed E-state index contributed by atoms with van der Waals surface area (Å²) >= 11 is 4.29. The van der Waals surface area contributed by atoms with Crippen LogP contribution in [0, 0.1) is 17.8 Å². The Kier molecular flexibility index (Phi) is 53.4. The Bertz CT molecular complexity index is 5010. The maximum atomic E-state index is 14.6. The van der Waals surface area contributed by atoms with E-state index >= 15 is 0 Å². The summed E-state index contributed by atoms with van der Waals surface area (Å²) in [4.78, 5) is 318. The SMILES string of the molecule is CC[C@H](C)[C@H](NC(=O)[C@@H]1CCCN1)C(=O)N[C@@H](C)C(=O)N[C@@H](CCC(=O)O)C(=O)N[C@@H](CCCCN)C(=O)N[C@@H](CS)C(=O)N[C@@H](Cc1ccccc1)C(=O)N[C@@H](CC(=O)O)C(=O)N[C@@H](Cc1c[nH]cn1)C(=O)N[C@@H](C)C(=O)N[C@@H](C)C(=O)NCC(=O)N[C@H](C(=O)N[C@@H](CO)C(=O)N[C@@H](Cc1ccc(O)cc1)C(=O)N[C@H](C(=O)N[C@H](C(=O)NCC(=O)N[C@@H](CCC(=O)O)C(=O)N[C@H](C(=O)O)[C@@H](C)O)C(C)C)C(C)C)[C@@H](C)O. The normalized spacial score (nSPS) is 16.2. The van der Waals surface area contributed by atoms with Gasteiger partial charge in [0.05, 0.1) is 56.4 Å². The largest absolute Gasteiger partial charge is 0.508 e. The van der Waals surface area contributed by atoms with Gasteiger partial charge in [0.15, 0.2) is 6.04 Å². The lowest BCUT2D eigenvalue weighted by Crippen LogP contribution is -2.62. The molecule has 0 bridgehead atoms. The number of carboxylic acids is 4. The Morgan fingerprint density at radius 1 is 0.415 bits per heavy atom. The number of imidazole rings is 1. The van der Waals surface area contributed by atoms with Gasteiger partial charge in [0.25, 0.3) is 0 Å². The molecule has 814 valence electrons. The van der Waals surface area contributed by atoms with Gasteiger partial charge in [-0.25, -0.2) is 9.78 Å². The molecule has 1 aliphatic rings. The molecule has 0 saturated carbocycles. The van der Waals surface area contributed by atoms with Crippen LogP contribution in [0.2, 0.25) is 0 Å². The minimum absolute atomic E-state index is 0.110. The van der Waals surface area contributed by atoms with Crippen LogP contribution >= 0.6 is 12.6 Å². The summed E-state index contributed by atoms with van der Waals surface area (Å²) in [6, 6.07) is -15.5. The first-order valence-corrected chi connectivity index (χ1v) is 48.3. The van der Waals surface area contributed by atoms with Crippen LogP contribution in [0.5, 0.6) is 5.75 Å². The number of carbonyl (C=O) groups excluding carboxylic acids is 19. The van der Waals surface area contributed by atoms with Crippen molar-refractivity contribution in [2.75, 3.05) is 38.5 Å². The first kappa shape index (κ1) is 125. The van der Waals surface area contributed by atoms with Crippen LogP contribution in [0.4, 0.5) is 0 Å². The van der Waals surface area contributed by atoms with Gasteiger partial charge in [-0.15, -0.1) is 0 Å². The van der Waals surface area contributed by atoms with Gasteiger partial charge in [-0.05, 0) is 134 Å². The van der Waals surface area contributed by atoms with Gasteiger partial charge in [0.2, 0.25) is 112 Å². The number of nitrogens with zero attached hydrogens (tertiary/aromatic N) is 1. The lowest BCUT2D eigenvalue weighted by molar-refractivity contribution is -0.145. The number of aliphatic hydroxyl groups excluding tert-OH is 3. The van der Waals surface area contributed by atoms with Crippen LogP contribution in [0.1, 0.15) is 164 Å². The third-order valence-corrected chi connectivity index (χ3v) is 23.6. The smallest absolute Gasteiger partial charge is 0.328 e. The molecular weight excluding hydrogens is 1960 g/mol. The van der Waals surface area contributed by atoms with E-state index < -0.39 is 345 Å². The van der Waals surface area contributed by atoms with Crippen molar-refractivity contribution in [2.45, 2.75) is 287 Å². The maximum Gasteiger partial charge on any atom is 0.328 e. The Morgan fingerprint density at radius 3 is 1.33 bits per heavy atom. The molecule has 1 fully saturated rings. The summed E-state index contributed by atoms with van der Waals surface area (Å²) in [6.45, 7) is 12.8. The van der Waals surface area contributed by atoms with Crippen molar-refractivity contribution in [3.63, 3.8) is 0 Å². The number of rotatable bonds is 65.